The molecule has 142 valence electrons. The van der Waals surface area contributed by atoms with Crippen molar-refractivity contribution < 1.29 is 0 Å². The summed E-state index contributed by atoms with van der Waals surface area (Å²) in [6.07, 6.45) is 9.47. The molecule has 5 rings (SSSR count). The Bertz CT molecular complexity index is 774. The molecule has 2 heteroatoms. The molecule has 2 aromatic carbocycles. The number of nitrogens with one attached hydrogen (secondary N) is 1. The maximum Gasteiger partial charge on any atom is 0.0375 e. The zero-order chi connectivity index (χ0) is 18.1. The van der Waals surface area contributed by atoms with Gasteiger partial charge < -0.3 is 5.32 Å². The van der Waals surface area contributed by atoms with Gasteiger partial charge in [-0.15, -0.1) is 0 Å². The summed E-state index contributed by atoms with van der Waals surface area (Å²) in [5, 5.41) is 3.84. The molecule has 27 heavy (non-hydrogen) atoms. The molecule has 1 atom stereocenters. The number of hydrogen-bond acceptors (Lipinski definition) is 2. The number of likely N-dealkylation sites (tertiary alicyclic amines) is 1. The van der Waals surface area contributed by atoms with Crippen LogP contribution in [-0.4, -0.2) is 24.5 Å². The molecule has 0 aromatic heterocycles. The van der Waals surface area contributed by atoms with Crippen LogP contribution in [0.1, 0.15) is 48.8 Å². The van der Waals surface area contributed by atoms with Crippen LogP contribution in [0.15, 0.2) is 48.5 Å². The fourth-order valence-electron chi connectivity index (χ4n) is 5.51. The van der Waals surface area contributed by atoms with Crippen molar-refractivity contribution in [1.29, 1.82) is 0 Å². The molecule has 1 saturated heterocycles. The van der Waals surface area contributed by atoms with E-state index in [1.807, 2.05) is 0 Å². The maximum atomic E-state index is 3.84. The highest BCUT2D eigenvalue weighted by Crippen LogP contribution is 2.59. The van der Waals surface area contributed by atoms with E-state index in [4.69, 9.17) is 0 Å². The Kier molecular flexibility index (Phi) is 4.69. The summed E-state index contributed by atoms with van der Waals surface area (Å²) in [5.41, 5.74) is 6.73. The monoisotopic (exact) mass is 360 g/mol. The largest absolute Gasteiger partial charge is 0.385 e. The topological polar surface area (TPSA) is 15.3 Å². The molecule has 0 radical (unpaired) electrons. The summed E-state index contributed by atoms with van der Waals surface area (Å²) < 4.78 is 0. The number of aryl methyl sites for hydroxylation is 1. The molecular weight excluding hydrogens is 328 g/mol. The molecule has 1 aliphatic heterocycles. The highest BCUT2D eigenvalue weighted by Gasteiger charge is 2.54. The van der Waals surface area contributed by atoms with Crippen LogP contribution in [-0.2, 0) is 19.4 Å². The predicted molar refractivity (Wildman–Crippen MR) is 113 cm³/mol. The minimum Gasteiger partial charge on any atom is -0.385 e. The van der Waals surface area contributed by atoms with E-state index in [0.717, 1.165) is 12.5 Å². The van der Waals surface area contributed by atoms with Crippen molar-refractivity contribution >= 4 is 5.69 Å². The van der Waals surface area contributed by atoms with Gasteiger partial charge in [0.1, 0.15) is 0 Å². The Morgan fingerprint density at radius 2 is 1.74 bits per heavy atom. The van der Waals surface area contributed by atoms with Crippen LogP contribution in [0.3, 0.4) is 0 Å². The van der Waals surface area contributed by atoms with Crippen molar-refractivity contribution in [2.75, 3.05) is 25.0 Å². The number of anilines is 1. The summed E-state index contributed by atoms with van der Waals surface area (Å²) in [6.45, 7) is 4.84. The SMILES string of the molecule is c1ccc(CN2CCC3(CC2)CC3CNc2cccc3c2CCCC3)cc1. The first kappa shape index (κ1) is 17.3. The number of hydrogen-bond donors (Lipinski definition) is 1. The van der Waals surface area contributed by atoms with Crippen molar-refractivity contribution in [3.8, 4) is 0 Å². The normalized spacial score (nSPS) is 23.8. The van der Waals surface area contributed by atoms with Gasteiger partial charge in [-0.2, -0.15) is 0 Å². The molecule has 1 N–H and O–H groups in total. The van der Waals surface area contributed by atoms with E-state index in [1.165, 1.54) is 75.8 Å². The Balaban J connectivity index is 1.13. The van der Waals surface area contributed by atoms with Gasteiger partial charge in [-0.1, -0.05) is 42.5 Å². The lowest BCUT2D eigenvalue weighted by Crippen LogP contribution is -2.35. The van der Waals surface area contributed by atoms with Crippen molar-refractivity contribution in [3.63, 3.8) is 0 Å². The van der Waals surface area contributed by atoms with Gasteiger partial charge in [0.15, 0.2) is 0 Å². The first-order chi connectivity index (χ1) is 13.3. The van der Waals surface area contributed by atoms with E-state index in [0.29, 0.717) is 5.41 Å². The van der Waals surface area contributed by atoms with Gasteiger partial charge in [0.2, 0.25) is 0 Å². The Morgan fingerprint density at radius 3 is 2.59 bits per heavy atom. The van der Waals surface area contributed by atoms with Crippen LogP contribution in [0.25, 0.3) is 0 Å². The molecule has 2 fully saturated rings. The summed E-state index contributed by atoms with van der Waals surface area (Å²) in [5.74, 6) is 0.885. The summed E-state index contributed by atoms with van der Waals surface area (Å²) in [7, 11) is 0. The van der Waals surface area contributed by atoms with Gasteiger partial charge in [0.05, 0.1) is 0 Å². The average molecular weight is 361 g/mol. The lowest BCUT2D eigenvalue weighted by atomic mass is 9.89. The van der Waals surface area contributed by atoms with Crippen molar-refractivity contribution in [2.45, 2.75) is 51.5 Å². The van der Waals surface area contributed by atoms with Gasteiger partial charge >= 0.3 is 0 Å². The van der Waals surface area contributed by atoms with E-state index in [1.54, 1.807) is 11.1 Å². The Hall–Kier alpha value is -1.80. The third-order valence-electron chi connectivity index (χ3n) is 7.39. The summed E-state index contributed by atoms with van der Waals surface area (Å²) >= 11 is 0. The van der Waals surface area contributed by atoms with Gasteiger partial charge in [0.25, 0.3) is 0 Å². The molecule has 1 unspecified atom stereocenters. The molecule has 0 bridgehead atoms. The lowest BCUT2D eigenvalue weighted by Gasteiger charge is -2.33. The van der Waals surface area contributed by atoms with E-state index in [2.05, 4.69) is 58.7 Å². The molecule has 1 spiro atoms. The molecule has 1 saturated carbocycles. The maximum absolute atomic E-state index is 3.84. The second-order valence-corrected chi connectivity index (χ2v) is 9.06. The molecule has 1 heterocycles. The van der Waals surface area contributed by atoms with Gasteiger partial charge in [-0.05, 0) is 92.1 Å². The van der Waals surface area contributed by atoms with Crippen molar-refractivity contribution in [2.24, 2.45) is 11.3 Å². The lowest BCUT2D eigenvalue weighted by molar-refractivity contribution is 0.157. The van der Waals surface area contributed by atoms with Crippen molar-refractivity contribution in [3.05, 3.63) is 65.2 Å². The first-order valence-electron chi connectivity index (χ1n) is 10.9. The molecular formula is C25H32N2. The van der Waals surface area contributed by atoms with E-state index >= 15 is 0 Å². The zero-order valence-electron chi connectivity index (χ0n) is 16.4. The predicted octanol–water partition coefficient (Wildman–Crippen LogP) is 5.28. The number of piperidine rings is 1. The minimum absolute atomic E-state index is 0.648. The molecule has 2 aromatic rings. The number of rotatable bonds is 5. The standard InChI is InChI=1S/C25H32N2/c1-2-7-20(8-3-1)19-27-15-13-25(14-16-27)17-22(25)18-26-24-12-6-10-21-9-4-5-11-23(21)24/h1-3,6-8,10,12,22,26H,4-5,9,11,13-19H2. The quantitative estimate of drug-likeness (QED) is 0.780. The zero-order valence-corrected chi connectivity index (χ0v) is 16.4. The highest BCUT2D eigenvalue weighted by atomic mass is 15.1. The summed E-state index contributed by atoms with van der Waals surface area (Å²) in [4.78, 5) is 2.65. The number of benzene rings is 2. The van der Waals surface area contributed by atoms with Gasteiger partial charge in [0, 0.05) is 18.8 Å². The van der Waals surface area contributed by atoms with Crippen LogP contribution >= 0.6 is 0 Å². The van der Waals surface area contributed by atoms with E-state index in [-0.39, 0.29) is 0 Å². The van der Waals surface area contributed by atoms with Crippen molar-refractivity contribution in [1.82, 2.24) is 4.90 Å². The van der Waals surface area contributed by atoms with Crippen LogP contribution < -0.4 is 5.32 Å². The Morgan fingerprint density at radius 1 is 0.926 bits per heavy atom. The minimum atomic E-state index is 0.648. The van der Waals surface area contributed by atoms with Crippen LogP contribution in [0.4, 0.5) is 5.69 Å². The second-order valence-electron chi connectivity index (χ2n) is 9.06. The number of nitrogens with zero attached hydrogens (tertiary/aromatic N) is 1. The van der Waals surface area contributed by atoms with Gasteiger partial charge in [-0.3, -0.25) is 4.90 Å². The van der Waals surface area contributed by atoms with Crippen LogP contribution in [0, 0.1) is 11.3 Å². The van der Waals surface area contributed by atoms with E-state index < -0.39 is 0 Å². The smallest absolute Gasteiger partial charge is 0.0375 e. The molecule has 2 nitrogen and oxygen atoms in total. The summed E-state index contributed by atoms with van der Waals surface area (Å²) in [6, 6.07) is 17.8. The second kappa shape index (κ2) is 7.31. The third-order valence-corrected chi connectivity index (χ3v) is 7.39. The Labute approximate surface area is 164 Å². The average Bonchev–Trinajstić information content (AvgIpc) is 3.41. The van der Waals surface area contributed by atoms with Crippen LogP contribution in [0.5, 0.6) is 0 Å². The van der Waals surface area contributed by atoms with E-state index in [9.17, 15) is 0 Å². The first-order valence-corrected chi connectivity index (χ1v) is 10.9. The fraction of sp³-hybridized carbons (Fsp3) is 0.520. The molecule has 2 aliphatic carbocycles. The highest BCUT2D eigenvalue weighted by molar-refractivity contribution is 5.55. The molecule has 3 aliphatic rings. The van der Waals surface area contributed by atoms with Crippen LogP contribution in [0.2, 0.25) is 0 Å². The third kappa shape index (κ3) is 3.65. The number of fused-ring (bicyclic) bond motifs is 1. The molecule has 0 amide bonds. The fourth-order valence-corrected chi connectivity index (χ4v) is 5.51. The van der Waals surface area contributed by atoms with Gasteiger partial charge in [-0.25, -0.2) is 0 Å².